The normalized spacial score (nSPS) is 29.4. The van der Waals surface area contributed by atoms with Crippen molar-refractivity contribution in [3.63, 3.8) is 0 Å². The monoisotopic (exact) mass is 255 g/mol. The Balaban J connectivity index is 1.59. The number of likely N-dealkylation sites (tertiary alicyclic amines) is 1. The molecule has 2 heterocycles. The van der Waals surface area contributed by atoms with Gasteiger partial charge in [0, 0.05) is 26.2 Å². The number of ether oxygens (including phenoxy) is 1. The SMILES string of the molecule is CCN1CCC(CNC(=O)CC2CNCCO2)C1. The fraction of sp³-hybridized carbons (Fsp3) is 0.923. The summed E-state index contributed by atoms with van der Waals surface area (Å²) in [5.41, 5.74) is 0. The molecule has 0 aromatic heterocycles. The molecule has 104 valence electrons. The van der Waals surface area contributed by atoms with Crippen LogP contribution in [0.4, 0.5) is 0 Å². The van der Waals surface area contributed by atoms with E-state index in [0.29, 0.717) is 18.9 Å². The van der Waals surface area contributed by atoms with E-state index >= 15 is 0 Å². The Morgan fingerprint density at radius 1 is 1.56 bits per heavy atom. The number of morpholine rings is 1. The molecule has 0 bridgehead atoms. The highest BCUT2D eigenvalue weighted by molar-refractivity contribution is 5.76. The van der Waals surface area contributed by atoms with Gasteiger partial charge in [-0.05, 0) is 25.4 Å². The van der Waals surface area contributed by atoms with Gasteiger partial charge in [0.15, 0.2) is 0 Å². The number of carbonyl (C=O) groups is 1. The first kappa shape index (κ1) is 13.8. The average molecular weight is 255 g/mol. The lowest BCUT2D eigenvalue weighted by molar-refractivity contribution is -0.124. The predicted molar refractivity (Wildman–Crippen MR) is 70.5 cm³/mol. The summed E-state index contributed by atoms with van der Waals surface area (Å²) in [6, 6.07) is 0. The van der Waals surface area contributed by atoms with Crippen molar-refractivity contribution in [1.29, 1.82) is 0 Å². The molecule has 2 fully saturated rings. The Kier molecular flexibility index (Phi) is 5.41. The molecule has 0 aromatic rings. The first-order valence-electron chi connectivity index (χ1n) is 7.09. The zero-order valence-corrected chi connectivity index (χ0v) is 11.3. The van der Waals surface area contributed by atoms with Crippen LogP contribution in [-0.4, -0.2) is 62.8 Å². The van der Waals surface area contributed by atoms with Crippen LogP contribution in [0.2, 0.25) is 0 Å². The van der Waals surface area contributed by atoms with Crippen LogP contribution in [0.1, 0.15) is 19.8 Å². The van der Waals surface area contributed by atoms with Crippen molar-refractivity contribution < 1.29 is 9.53 Å². The van der Waals surface area contributed by atoms with Crippen molar-refractivity contribution in [2.75, 3.05) is 45.9 Å². The Hall–Kier alpha value is -0.650. The minimum atomic E-state index is 0.0504. The van der Waals surface area contributed by atoms with Gasteiger partial charge in [-0.1, -0.05) is 6.92 Å². The van der Waals surface area contributed by atoms with E-state index in [1.54, 1.807) is 0 Å². The second-order valence-electron chi connectivity index (χ2n) is 5.25. The highest BCUT2D eigenvalue weighted by atomic mass is 16.5. The van der Waals surface area contributed by atoms with E-state index in [1.165, 1.54) is 13.0 Å². The van der Waals surface area contributed by atoms with Crippen molar-refractivity contribution in [2.45, 2.75) is 25.9 Å². The largest absolute Gasteiger partial charge is 0.375 e. The van der Waals surface area contributed by atoms with Crippen LogP contribution in [0.15, 0.2) is 0 Å². The molecule has 2 saturated heterocycles. The number of nitrogens with one attached hydrogen (secondary N) is 2. The minimum Gasteiger partial charge on any atom is -0.375 e. The average Bonchev–Trinajstić information content (AvgIpc) is 2.85. The van der Waals surface area contributed by atoms with Crippen molar-refractivity contribution >= 4 is 5.91 Å². The lowest BCUT2D eigenvalue weighted by Crippen LogP contribution is -2.42. The number of hydrogen-bond donors (Lipinski definition) is 2. The number of rotatable bonds is 5. The van der Waals surface area contributed by atoms with Gasteiger partial charge in [-0.25, -0.2) is 0 Å². The molecular weight excluding hydrogens is 230 g/mol. The van der Waals surface area contributed by atoms with E-state index < -0.39 is 0 Å². The number of nitrogens with zero attached hydrogens (tertiary/aromatic N) is 1. The topological polar surface area (TPSA) is 53.6 Å². The summed E-state index contributed by atoms with van der Waals surface area (Å²) >= 11 is 0. The molecular formula is C13H25N3O2. The van der Waals surface area contributed by atoms with Gasteiger partial charge in [0.1, 0.15) is 0 Å². The van der Waals surface area contributed by atoms with Gasteiger partial charge in [-0.3, -0.25) is 4.79 Å². The van der Waals surface area contributed by atoms with Crippen molar-refractivity contribution in [3.05, 3.63) is 0 Å². The summed E-state index contributed by atoms with van der Waals surface area (Å²) in [4.78, 5) is 14.2. The summed E-state index contributed by atoms with van der Waals surface area (Å²) in [6.07, 6.45) is 1.74. The maximum Gasteiger partial charge on any atom is 0.222 e. The van der Waals surface area contributed by atoms with Crippen molar-refractivity contribution in [2.24, 2.45) is 5.92 Å². The maximum absolute atomic E-state index is 11.8. The van der Waals surface area contributed by atoms with Crippen LogP contribution in [0, 0.1) is 5.92 Å². The molecule has 0 spiro atoms. The zero-order valence-electron chi connectivity index (χ0n) is 11.3. The molecule has 2 aliphatic heterocycles. The summed E-state index contributed by atoms with van der Waals surface area (Å²) in [5, 5.41) is 6.28. The van der Waals surface area contributed by atoms with Gasteiger partial charge in [0.25, 0.3) is 0 Å². The van der Waals surface area contributed by atoms with E-state index in [2.05, 4.69) is 22.5 Å². The molecule has 2 unspecified atom stereocenters. The maximum atomic E-state index is 11.8. The van der Waals surface area contributed by atoms with Gasteiger partial charge in [0.05, 0.1) is 19.1 Å². The molecule has 1 amide bonds. The van der Waals surface area contributed by atoms with E-state index in [9.17, 15) is 4.79 Å². The summed E-state index contributed by atoms with van der Waals surface area (Å²) in [6.45, 7) is 8.82. The summed E-state index contributed by atoms with van der Waals surface area (Å²) in [5.74, 6) is 0.748. The van der Waals surface area contributed by atoms with Crippen LogP contribution in [0.5, 0.6) is 0 Å². The number of hydrogen-bond acceptors (Lipinski definition) is 4. The lowest BCUT2D eigenvalue weighted by Gasteiger charge is -2.23. The zero-order chi connectivity index (χ0) is 12.8. The first-order valence-corrected chi connectivity index (χ1v) is 7.09. The van der Waals surface area contributed by atoms with Gasteiger partial charge in [-0.15, -0.1) is 0 Å². The second-order valence-corrected chi connectivity index (χ2v) is 5.25. The standard InChI is InChI=1S/C13H25N3O2/c1-2-16-5-3-11(10-16)8-15-13(17)7-12-9-14-4-6-18-12/h11-12,14H,2-10H2,1H3,(H,15,17). The van der Waals surface area contributed by atoms with Crippen LogP contribution in [0.25, 0.3) is 0 Å². The highest BCUT2D eigenvalue weighted by Gasteiger charge is 2.22. The Morgan fingerprint density at radius 3 is 3.11 bits per heavy atom. The van der Waals surface area contributed by atoms with Crippen LogP contribution < -0.4 is 10.6 Å². The molecule has 2 atom stereocenters. The molecule has 0 radical (unpaired) electrons. The second kappa shape index (κ2) is 7.07. The Bertz CT molecular complexity index is 267. The Labute approximate surface area is 109 Å². The van der Waals surface area contributed by atoms with Crippen molar-refractivity contribution in [3.8, 4) is 0 Å². The molecule has 2 N–H and O–H groups in total. The van der Waals surface area contributed by atoms with Crippen LogP contribution in [-0.2, 0) is 9.53 Å². The predicted octanol–water partition coefficient (Wildman–Crippen LogP) is -0.177. The van der Waals surface area contributed by atoms with Crippen LogP contribution >= 0.6 is 0 Å². The van der Waals surface area contributed by atoms with Gasteiger partial charge in [0.2, 0.25) is 5.91 Å². The molecule has 2 rings (SSSR count). The number of amides is 1. The molecule has 2 aliphatic rings. The smallest absolute Gasteiger partial charge is 0.222 e. The third kappa shape index (κ3) is 4.23. The quantitative estimate of drug-likeness (QED) is 0.716. The molecule has 5 nitrogen and oxygen atoms in total. The minimum absolute atomic E-state index is 0.0504. The molecule has 0 saturated carbocycles. The van der Waals surface area contributed by atoms with E-state index in [0.717, 1.165) is 32.7 Å². The molecule has 0 aliphatic carbocycles. The van der Waals surface area contributed by atoms with E-state index in [-0.39, 0.29) is 12.0 Å². The lowest BCUT2D eigenvalue weighted by atomic mass is 10.1. The fourth-order valence-corrected chi connectivity index (χ4v) is 2.65. The van der Waals surface area contributed by atoms with E-state index in [4.69, 9.17) is 4.74 Å². The highest BCUT2D eigenvalue weighted by Crippen LogP contribution is 2.14. The summed E-state index contributed by atoms with van der Waals surface area (Å²) < 4.78 is 5.52. The van der Waals surface area contributed by atoms with E-state index in [1.807, 2.05) is 0 Å². The van der Waals surface area contributed by atoms with Crippen LogP contribution in [0.3, 0.4) is 0 Å². The van der Waals surface area contributed by atoms with Gasteiger partial charge in [-0.2, -0.15) is 0 Å². The number of carbonyl (C=O) groups excluding carboxylic acids is 1. The Morgan fingerprint density at radius 2 is 2.44 bits per heavy atom. The fourth-order valence-electron chi connectivity index (χ4n) is 2.65. The van der Waals surface area contributed by atoms with Gasteiger partial charge < -0.3 is 20.3 Å². The van der Waals surface area contributed by atoms with Crippen molar-refractivity contribution in [1.82, 2.24) is 15.5 Å². The third-order valence-electron chi connectivity index (χ3n) is 3.82. The first-order chi connectivity index (χ1) is 8.78. The molecule has 5 heteroatoms. The molecule has 0 aromatic carbocycles. The third-order valence-corrected chi connectivity index (χ3v) is 3.82. The summed E-state index contributed by atoms with van der Waals surface area (Å²) in [7, 11) is 0. The van der Waals surface area contributed by atoms with Gasteiger partial charge >= 0.3 is 0 Å². The molecule has 18 heavy (non-hydrogen) atoms.